The number of ether oxygens (including phenoxy) is 1. The number of hydrogen-bond acceptors (Lipinski definition) is 3. The highest BCUT2D eigenvalue weighted by Gasteiger charge is 2.19. The minimum Gasteiger partial charge on any atom is -0.391 e. The van der Waals surface area contributed by atoms with Gasteiger partial charge in [-0.2, -0.15) is 0 Å². The number of hydrogen-bond donors (Lipinski definition) is 1. The Kier molecular flexibility index (Phi) is 5.24. The van der Waals surface area contributed by atoms with Gasteiger partial charge in [-0.15, -0.1) is 0 Å². The van der Waals surface area contributed by atoms with Gasteiger partial charge in [0.05, 0.1) is 12.2 Å². The lowest BCUT2D eigenvalue weighted by Crippen LogP contribution is -2.41. The van der Waals surface area contributed by atoms with Crippen LogP contribution in [-0.4, -0.2) is 54.3 Å². The molecule has 1 unspecified atom stereocenters. The highest BCUT2D eigenvalue weighted by atomic mass is 79.9. The van der Waals surface area contributed by atoms with Crippen LogP contribution in [-0.2, 0) is 4.74 Å². The van der Waals surface area contributed by atoms with E-state index >= 15 is 0 Å². The molecule has 0 aromatic carbocycles. The monoisotopic (exact) mass is 251 g/mol. The fraction of sp³-hybridized carbons (Fsp3) is 1.00. The Morgan fingerprint density at radius 1 is 1.54 bits per heavy atom. The van der Waals surface area contributed by atoms with Crippen LogP contribution in [0.15, 0.2) is 0 Å². The summed E-state index contributed by atoms with van der Waals surface area (Å²) in [5.74, 6) is 0. The maximum absolute atomic E-state index is 9.41. The Morgan fingerprint density at radius 2 is 2.15 bits per heavy atom. The molecule has 0 amide bonds. The molecule has 1 heterocycles. The van der Waals surface area contributed by atoms with E-state index in [0.717, 1.165) is 32.5 Å². The minimum absolute atomic E-state index is 0.237. The van der Waals surface area contributed by atoms with E-state index in [4.69, 9.17) is 4.74 Å². The van der Waals surface area contributed by atoms with Gasteiger partial charge >= 0.3 is 0 Å². The van der Waals surface area contributed by atoms with Crippen LogP contribution in [0.3, 0.4) is 0 Å². The molecule has 1 N–H and O–H groups in total. The van der Waals surface area contributed by atoms with Crippen LogP contribution in [0.5, 0.6) is 0 Å². The number of likely N-dealkylation sites (tertiary alicyclic amines) is 1. The average molecular weight is 252 g/mol. The third-order valence-corrected chi connectivity index (χ3v) is 3.26. The van der Waals surface area contributed by atoms with E-state index in [1.807, 2.05) is 0 Å². The average Bonchev–Trinajstić information content (AvgIpc) is 2.19. The second-order valence-electron chi connectivity index (χ2n) is 3.54. The largest absolute Gasteiger partial charge is 0.391 e. The SMILES string of the molecule is COC1CCN(CC(O)CBr)CC1. The molecule has 1 saturated heterocycles. The number of β-amino-alcohol motifs (C(OH)–C–C–N with tert-alkyl or cyclic N) is 1. The maximum atomic E-state index is 9.41. The molecule has 4 heteroatoms. The number of aliphatic hydroxyl groups is 1. The number of piperidine rings is 1. The number of alkyl halides is 1. The second-order valence-corrected chi connectivity index (χ2v) is 4.19. The smallest absolute Gasteiger partial charge is 0.0763 e. The van der Waals surface area contributed by atoms with Gasteiger partial charge in [-0.1, -0.05) is 15.9 Å². The standard InChI is InChI=1S/C9H18BrNO2/c1-13-9-2-4-11(5-3-9)7-8(12)6-10/h8-9,12H,2-7H2,1H3. The lowest BCUT2D eigenvalue weighted by atomic mass is 10.1. The maximum Gasteiger partial charge on any atom is 0.0763 e. The predicted octanol–water partition coefficient (Wildman–Crippen LogP) is 0.853. The van der Waals surface area contributed by atoms with Gasteiger partial charge in [0, 0.05) is 32.1 Å². The summed E-state index contributed by atoms with van der Waals surface area (Å²) in [4.78, 5) is 2.29. The first-order chi connectivity index (χ1) is 6.26. The molecule has 0 bridgehead atoms. The number of methoxy groups -OCH3 is 1. The van der Waals surface area contributed by atoms with Crippen LogP contribution in [0.25, 0.3) is 0 Å². The molecular formula is C9H18BrNO2. The fourth-order valence-corrected chi connectivity index (χ4v) is 1.88. The summed E-state index contributed by atoms with van der Waals surface area (Å²) < 4.78 is 5.27. The van der Waals surface area contributed by atoms with Gasteiger partial charge in [-0.3, -0.25) is 0 Å². The first kappa shape index (κ1) is 11.4. The van der Waals surface area contributed by atoms with Crippen molar-refractivity contribution in [1.29, 1.82) is 0 Å². The summed E-state index contributed by atoms with van der Waals surface area (Å²) in [6.07, 6.45) is 2.37. The Balaban J connectivity index is 2.17. The molecule has 13 heavy (non-hydrogen) atoms. The molecule has 1 fully saturated rings. The van der Waals surface area contributed by atoms with Gasteiger partial charge in [-0.25, -0.2) is 0 Å². The molecule has 78 valence electrons. The lowest BCUT2D eigenvalue weighted by molar-refractivity contribution is 0.0279. The van der Waals surface area contributed by atoms with Gasteiger partial charge < -0.3 is 14.7 Å². The first-order valence-corrected chi connectivity index (χ1v) is 5.87. The molecule has 1 rings (SSSR count). The molecule has 1 aliphatic rings. The fourth-order valence-electron chi connectivity index (χ4n) is 1.67. The van der Waals surface area contributed by atoms with Crippen LogP contribution in [0, 0.1) is 0 Å². The molecule has 0 saturated carbocycles. The van der Waals surface area contributed by atoms with Crippen molar-refractivity contribution in [2.45, 2.75) is 25.0 Å². The Labute approximate surface area is 88.2 Å². The van der Waals surface area contributed by atoms with Crippen molar-refractivity contribution >= 4 is 15.9 Å². The zero-order chi connectivity index (χ0) is 9.68. The molecular weight excluding hydrogens is 234 g/mol. The summed E-state index contributed by atoms with van der Waals surface area (Å²) in [7, 11) is 1.77. The molecule has 0 spiro atoms. The van der Waals surface area contributed by atoms with E-state index in [9.17, 15) is 5.11 Å². The lowest BCUT2D eigenvalue weighted by Gasteiger charge is -2.32. The van der Waals surface area contributed by atoms with Gasteiger partial charge in [-0.05, 0) is 12.8 Å². The van der Waals surface area contributed by atoms with Gasteiger partial charge in [0.2, 0.25) is 0 Å². The van der Waals surface area contributed by atoms with Crippen LogP contribution in [0.4, 0.5) is 0 Å². The zero-order valence-corrected chi connectivity index (χ0v) is 9.66. The van der Waals surface area contributed by atoms with E-state index in [1.54, 1.807) is 7.11 Å². The van der Waals surface area contributed by atoms with E-state index in [0.29, 0.717) is 11.4 Å². The molecule has 0 radical (unpaired) electrons. The number of aliphatic hydroxyl groups excluding tert-OH is 1. The Hall–Kier alpha value is 0.360. The highest BCUT2D eigenvalue weighted by molar-refractivity contribution is 9.09. The number of nitrogens with zero attached hydrogens (tertiary/aromatic N) is 1. The molecule has 0 aromatic rings. The van der Waals surface area contributed by atoms with Crippen LogP contribution < -0.4 is 0 Å². The number of halogens is 1. The second kappa shape index (κ2) is 5.96. The molecule has 1 atom stereocenters. The van der Waals surface area contributed by atoms with E-state index < -0.39 is 0 Å². The zero-order valence-electron chi connectivity index (χ0n) is 8.08. The van der Waals surface area contributed by atoms with Crippen LogP contribution in [0.2, 0.25) is 0 Å². The summed E-state index contributed by atoms with van der Waals surface area (Å²) in [5, 5.41) is 10.1. The van der Waals surface area contributed by atoms with Crippen molar-refractivity contribution in [3.63, 3.8) is 0 Å². The third-order valence-electron chi connectivity index (χ3n) is 2.52. The van der Waals surface area contributed by atoms with Crippen molar-refractivity contribution in [2.75, 3.05) is 32.1 Å². The highest BCUT2D eigenvalue weighted by Crippen LogP contribution is 2.13. The van der Waals surface area contributed by atoms with Gasteiger partial charge in [0.1, 0.15) is 0 Å². The molecule has 0 aliphatic carbocycles. The summed E-state index contributed by atoms with van der Waals surface area (Å²) in [5.41, 5.74) is 0. The van der Waals surface area contributed by atoms with Crippen LogP contribution >= 0.6 is 15.9 Å². The van der Waals surface area contributed by atoms with Gasteiger partial charge in [0.25, 0.3) is 0 Å². The van der Waals surface area contributed by atoms with Crippen molar-refractivity contribution in [2.24, 2.45) is 0 Å². The van der Waals surface area contributed by atoms with Gasteiger partial charge in [0.15, 0.2) is 0 Å². The number of rotatable bonds is 4. The normalized spacial score (nSPS) is 23.3. The van der Waals surface area contributed by atoms with E-state index in [2.05, 4.69) is 20.8 Å². The first-order valence-electron chi connectivity index (χ1n) is 4.75. The Bertz CT molecular complexity index is 138. The van der Waals surface area contributed by atoms with E-state index in [-0.39, 0.29) is 6.10 Å². The summed E-state index contributed by atoms with van der Waals surface area (Å²) in [6, 6.07) is 0. The minimum atomic E-state index is -0.237. The van der Waals surface area contributed by atoms with Crippen molar-refractivity contribution in [3.05, 3.63) is 0 Å². The summed E-state index contributed by atoms with van der Waals surface area (Å²) >= 11 is 3.27. The van der Waals surface area contributed by atoms with E-state index in [1.165, 1.54) is 0 Å². The molecule has 1 aliphatic heterocycles. The summed E-state index contributed by atoms with van der Waals surface area (Å²) in [6.45, 7) is 2.87. The van der Waals surface area contributed by atoms with Crippen molar-refractivity contribution in [1.82, 2.24) is 4.90 Å². The topological polar surface area (TPSA) is 32.7 Å². The third kappa shape index (κ3) is 3.94. The quantitative estimate of drug-likeness (QED) is 0.753. The van der Waals surface area contributed by atoms with Crippen molar-refractivity contribution in [3.8, 4) is 0 Å². The van der Waals surface area contributed by atoms with Crippen LogP contribution in [0.1, 0.15) is 12.8 Å². The Morgan fingerprint density at radius 3 is 2.62 bits per heavy atom. The van der Waals surface area contributed by atoms with Crippen molar-refractivity contribution < 1.29 is 9.84 Å². The predicted molar refractivity (Wildman–Crippen MR) is 56.3 cm³/mol. The molecule has 3 nitrogen and oxygen atoms in total. The molecule has 0 aromatic heterocycles.